The molecule has 0 saturated heterocycles. The van der Waals surface area contributed by atoms with Gasteiger partial charge in [0.25, 0.3) is 0 Å². The highest BCUT2D eigenvalue weighted by atomic mass is 32.1. The van der Waals surface area contributed by atoms with Crippen molar-refractivity contribution in [3.05, 3.63) is 18.7 Å². The Morgan fingerprint density at radius 3 is 2.70 bits per heavy atom. The fraction of sp³-hybridized carbons (Fsp3) is 0.200. The molecule has 0 saturated carbocycles. The molecule has 1 aromatic heterocycles. The maximum absolute atomic E-state index is 8.56. The fourth-order valence-corrected chi connectivity index (χ4v) is 0.631. The van der Waals surface area contributed by atoms with E-state index in [4.69, 9.17) is 10.2 Å². The lowest BCUT2D eigenvalue weighted by Crippen LogP contribution is -2.23. The van der Waals surface area contributed by atoms with Crippen LogP contribution in [0.5, 0.6) is 0 Å². The van der Waals surface area contributed by atoms with Gasteiger partial charge in [0.1, 0.15) is 4.99 Å². The van der Waals surface area contributed by atoms with Crippen molar-refractivity contribution in [1.82, 2.24) is 9.55 Å². The average Bonchev–Trinajstić information content (AvgIpc) is 2.36. The van der Waals surface area contributed by atoms with E-state index in [0.29, 0.717) is 0 Å². The quantitative estimate of drug-likeness (QED) is 0.422. The molecule has 54 valence electrons. The molecule has 0 atom stereocenters. The molecule has 0 aromatic carbocycles. The number of nitrogens with zero attached hydrogens (tertiary/aromatic N) is 2. The third-order valence-corrected chi connectivity index (χ3v) is 1.40. The van der Waals surface area contributed by atoms with E-state index in [1.54, 1.807) is 6.20 Å². The molecule has 2 N–H and O–H groups in total. The van der Waals surface area contributed by atoms with Crippen molar-refractivity contribution in [2.75, 3.05) is 0 Å². The van der Waals surface area contributed by atoms with Crippen molar-refractivity contribution in [3.63, 3.8) is 0 Å². The Hall–Kier alpha value is -0.780. The normalized spacial score (nSPS) is 10.3. The molecule has 0 aliphatic heterocycles. The van der Waals surface area contributed by atoms with Gasteiger partial charge in [0, 0.05) is 12.4 Å². The molecule has 10 heavy (non-hydrogen) atoms. The van der Waals surface area contributed by atoms with Gasteiger partial charge in [-0.05, 0) is 0 Å². The Balaban J connectivity index is 2.78. The van der Waals surface area contributed by atoms with E-state index in [1.165, 1.54) is 17.1 Å². The summed E-state index contributed by atoms with van der Waals surface area (Å²) in [5.41, 5.74) is 0. The summed E-state index contributed by atoms with van der Waals surface area (Å²) >= 11 is 4.62. The molecular weight excluding hydrogens is 152 g/mol. The number of aliphatic hydroxyl groups is 2. The minimum absolute atomic E-state index is 0.0255. The summed E-state index contributed by atoms with van der Waals surface area (Å²) in [6, 6.07) is 0. The van der Waals surface area contributed by atoms with Crippen LogP contribution in [-0.4, -0.2) is 31.0 Å². The second-order valence-corrected chi connectivity index (χ2v) is 2.10. The Bertz CT molecular complexity index is 220. The molecular formula is C5H6N2O2S. The van der Waals surface area contributed by atoms with Crippen LogP contribution in [0.3, 0.4) is 0 Å². The highest BCUT2D eigenvalue weighted by Crippen LogP contribution is 1.90. The zero-order chi connectivity index (χ0) is 7.56. The first kappa shape index (κ1) is 7.33. The predicted molar refractivity (Wildman–Crippen MR) is 38.4 cm³/mol. The molecule has 0 radical (unpaired) electrons. The smallest absolute Gasteiger partial charge is 0.205 e. The van der Waals surface area contributed by atoms with Crippen molar-refractivity contribution in [2.24, 2.45) is 0 Å². The molecule has 1 aromatic rings. The summed E-state index contributed by atoms with van der Waals surface area (Å²) in [6.45, 7) is 0. The first-order chi connectivity index (χ1) is 4.72. The zero-order valence-corrected chi connectivity index (χ0v) is 5.82. The van der Waals surface area contributed by atoms with E-state index in [-0.39, 0.29) is 4.99 Å². The molecule has 4 nitrogen and oxygen atoms in total. The summed E-state index contributed by atoms with van der Waals surface area (Å²) in [5.74, 6) is 0. The van der Waals surface area contributed by atoms with Gasteiger partial charge in [-0.3, -0.25) is 4.57 Å². The van der Waals surface area contributed by atoms with Crippen LogP contribution in [0.1, 0.15) is 0 Å². The summed E-state index contributed by atoms with van der Waals surface area (Å²) in [4.78, 5) is 3.70. The Labute approximate surface area is 62.7 Å². The molecule has 0 fully saturated rings. The Morgan fingerprint density at radius 2 is 2.30 bits per heavy atom. The highest BCUT2D eigenvalue weighted by Gasteiger charge is 2.06. The number of hydrogen-bond donors (Lipinski definition) is 2. The van der Waals surface area contributed by atoms with Gasteiger partial charge >= 0.3 is 0 Å². The largest absolute Gasteiger partial charge is 0.363 e. The number of aromatic nitrogens is 2. The van der Waals surface area contributed by atoms with Gasteiger partial charge < -0.3 is 10.2 Å². The second kappa shape index (κ2) is 2.87. The van der Waals surface area contributed by atoms with E-state index in [9.17, 15) is 0 Å². The van der Waals surface area contributed by atoms with Gasteiger partial charge in [0.2, 0.25) is 6.29 Å². The van der Waals surface area contributed by atoms with Crippen molar-refractivity contribution in [3.8, 4) is 0 Å². The van der Waals surface area contributed by atoms with Crippen LogP contribution in [0.15, 0.2) is 18.7 Å². The first-order valence-electron chi connectivity index (χ1n) is 2.60. The van der Waals surface area contributed by atoms with Crippen LogP contribution in [0.25, 0.3) is 0 Å². The van der Waals surface area contributed by atoms with Gasteiger partial charge in [-0.15, -0.1) is 0 Å². The minimum Gasteiger partial charge on any atom is -0.363 e. The van der Waals surface area contributed by atoms with Gasteiger partial charge in [-0.25, -0.2) is 4.98 Å². The van der Waals surface area contributed by atoms with Gasteiger partial charge in [-0.1, -0.05) is 12.2 Å². The van der Waals surface area contributed by atoms with Crippen molar-refractivity contribution in [1.29, 1.82) is 0 Å². The molecule has 0 aliphatic rings. The topological polar surface area (TPSA) is 58.3 Å². The number of thiocarbonyl (C=S) groups is 1. The first-order valence-corrected chi connectivity index (χ1v) is 3.01. The molecule has 0 spiro atoms. The molecule has 0 aliphatic carbocycles. The number of hydrogen-bond acceptors (Lipinski definition) is 4. The summed E-state index contributed by atoms with van der Waals surface area (Å²) < 4.78 is 1.36. The lowest BCUT2D eigenvalue weighted by Gasteiger charge is -2.04. The van der Waals surface area contributed by atoms with E-state index in [0.717, 1.165) is 0 Å². The van der Waals surface area contributed by atoms with Gasteiger partial charge in [0.15, 0.2) is 0 Å². The van der Waals surface area contributed by atoms with E-state index in [1.807, 2.05) is 0 Å². The summed E-state index contributed by atoms with van der Waals surface area (Å²) in [7, 11) is 0. The lowest BCUT2D eigenvalue weighted by atomic mass is 10.6. The van der Waals surface area contributed by atoms with Crippen LogP contribution in [-0.2, 0) is 0 Å². The van der Waals surface area contributed by atoms with Crippen LogP contribution in [0.2, 0.25) is 0 Å². The van der Waals surface area contributed by atoms with Gasteiger partial charge in [-0.2, -0.15) is 0 Å². The Kier molecular flexibility index (Phi) is 2.10. The minimum atomic E-state index is -1.59. The van der Waals surface area contributed by atoms with Crippen LogP contribution < -0.4 is 0 Å². The predicted octanol–water partition coefficient (Wildman–Crippen LogP) is -0.631. The molecule has 1 rings (SSSR count). The molecule has 5 heteroatoms. The third kappa shape index (κ3) is 1.38. The third-order valence-electron chi connectivity index (χ3n) is 0.980. The number of aliphatic hydroxyl groups excluding tert-OH is 1. The number of imidazole rings is 1. The zero-order valence-electron chi connectivity index (χ0n) is 5.01. The maximum Gasteiger partial charge on any atom is 0.205 e. The maximum atomic E-state index is 8.56. The van der Waals surface area contributed by atoms with Crippen molar-refractivity contribution in [2.45, 2.75) is 6.29 Å². The molecule has 0 bridgehead atoms. The average molecular weight is 158 g/mol. The van der Waals surface area contributed by atoms with Crippen LogP contribution >= 0.6 is 12.2 Å². The molecule has 0 unspecified atom stereocenters. The van der Waals surface area contributed by atoms with Crippen molar-refractivity contribution >= 4 is 17.2 Å². The summed E-state index contributed by atoms with van der Waals surface area (Å²) in [5, 5.41) is 17.1. The SMILES string of the molecule is OC(O)C(=S)n1ccnc1. The van der Waals surface area contributed by atoms with E-state index < -0.39 is 6.29 Å². The Morgan fingerprint density at radius 1 is 1.60 bits per heavy atom. The van der Waals surface area contributed by atoms with E-state index in [2.05, 4.69) is 17.2 Å². The van der Waals surface area contributed by atoms with E-state index >= 15 is 0 Å². The van der Waals surface area contributed by atoms with Crippen LogP contribution in [0.4, 0.5) is 0 Å². The fourth-order valence-electron chi connectivity index (χ4n) is 0.523. The number of rotatable bonds is 1. The second-order valence-electron chi connectivity index (χ2n) is 1.68. The van der Waals surface area contributed by atoms with Crippen molar-refractivity contribution < 1.29 is 10.2 Å². The van der Waals surface area contributed by atoms with Gasteiger partial charge in [0.05, 0.1) is 6.33 Å². The van der Waals surface area contributed by atoms with Crippen LogP contribution in [0, 0.1) is 0 Å². The molecule has 1 heterocycles. The monoisotopic (exact) mass is 158 g/mol. The molecule has 0 amide bonds. The lowest BCUT2D eigenvalue weighted by molar-refractivity contribution is 0.0193. The highest BCUT2D eigenvalue weighted by molar-refractivity contribution is 7.80. The summed E-state index contributed by atoms with van der Waals surface area (Å²) in [6.07, 6.45) is 2.86. The standard InChI is InChI=1S/C5H6N2O2S/c8-5(9)4(10)7-2-1-6-3-7/h1-3,5,8-9H.